The van der Waals surface area contributed by atoms with Gasteiger partial charge < -0.3 is 0 Å². The first-order valence-electron chi connectivity index (χ1n) is 6.25. The molecule has 1 atom stereocenters. The molecule has 96 valence electrons. The van der Waals surface area contributed by atoms with Crippen LogP contribution in [0.2, 0.25) is 0 Å². The lowest BCUT2D eigenvalue weighted by Crippen LogP contribution is -2.31. The zero-order valence-electron chi connectivity index (χ0n) is 10.3. The first kappa shape index (κ1) is 14.5. The molecule has 1 aliphatic rings. The van der Waals surface area contributed by atoms with Crippen molar-refractivity contribution >= 4 is 25.8 Å². The molecular weight excluding hydrogens is 288 g/mol. The van der Waals surface area contributed by atoms with Crippen molar-refractivity contribution in [1.82, 2.24) is 0 Å². The summed E-state index contributed by atoms with van der Waals surface area (Å²) < 4.78 is 24.5. The van der Waals surface area contributed by atoms with Gasteiger partial charge in [-0.3, -0.25) is 0 Å². The Morgan fingerprint density at radius 2 is 1.75 bits per heavy atom. The topological polar surface area (TPSA) is 34.1 Å². The van der Waals surface area contributed by atoms with Crippen LogP contribution in [0.4, 0.5) is 0 Å². The Morgan fingerprint density at radius 1 is 1.19 bits per heavy atom. The molecule has 0 saturated heterocycles. The van der Waals surface area contributed by atoms with Crippen LogP contribution in [-0.4, -0.2) is 24.8 Å². The highest BCUT2D eigenvalue weighted by Gasteiger charge is 2.30. The Morgan fingerprint density at radius 3 is 2.19 bits per heavy atom. The number of rotatable bonds is 5. The van der Waals surface area contributed by atoms with Crippen molar-refractivity contribution in [1.29, 1.82) is 0 Å². The van der Waals surface area contributed by atoms with Crippen LogP contribution in [0.3, 0.4) is 0 Å². The predicted octanol–water partition coefficient (Wildman–Crippen LogP) is 3.40. The second-order valence-corrected chi connectivity index (χ2v) is 8.22. The Kier molecular flexibility index (Phi) is 5.78. The third-order valence-corrected chi connectivity index (χ3v) is 6.86. The van der Waals surface area contributed by atoms with E-state index in [1.54, 1.807) is 0 Å². The van der Waals surface area contributed by atoms with E-state index in [0.29, 0.717) is 11.7 Å². The number of hydrogen-bond acceptors (Lipinski definition) is 2. The van der Waals surface area contributed by atoms with Gasteiger partial charge in [-0.25, -0.2) is 8.42 Å². The standard InChI is InChI=1S/C12H23BrO2S/c1-10(2)11(8-13)9-16(14,15)12-6-4-3-5-7-12/h10-12H,3-9H2,1-2H3. The summed E-state index contributed by atoms with van der Waals surface area (Å²) in [6, 6.07) is 0. The maximum Gasteiger partial charge on any atom is 0.153 e. The molecule has 0 aliphatic heterocycles. The zero-order valence-corrected chi connectivity index (χ0v) is 12.7. The second kappa shape index (κ2) is 6.39. The maximum atomic E-state index is 12.2. The molecule has 1 aliphatic carbocycles. The normalized spacial score (nSPS) is 21.2. The van der Waals surface area contributed by atoms with Gasteiger partial charge in [-0.2, -0.15) is 0 Å². The van der Waals surface area contributed by atoms with Gasteiger partial charge >= 0.3 is 0 Å². The highest BCUT2D eigenvalue weighted by molar-refractivity contribution is 9.09. The first-order valence-corrected chi connectivity index (χ1v) is 9.08. The van der Waals surface area contributed by atoms with E-state index in [1.807, 2.05) is 0 Å². The minimum absolute atomic E-state index is 0.0541. The van der Waals surface area contributed by atoms with Gasteiger partial charge in [0, 0.05) is 5.33 Å². The lowest BCUT2D eigenvalue weighted by atomic mass is 10.00. The molecule has 2 nitrogen and oxygen atoms in total. The van der Waals surface area contributed by atoms with Gasteiger partial charge in [0.1, 0.15) is 0 Å². The van der Waals surface area contributed by atoms with Gasteiger partial charge in [-0.1, -0.05) is 49.0 Å². The van der Waals surface area contributed by atoms with Crippen molar-refractivity contribution in [3.63, 3.8) is 0 Å². The minimum Gasteiger partial charge on any atom is -0.229 e. The smallest absolute Gasteiger partial charge is 0.153 e. The predicted molar refractivity (Wildman–Crippen MR) is 72.8 cm³/mol. The van der Waals surface area contributed by atoms with E-state index in [2.05, 4.69) is 29.8 Å². The average molecular weight is 311 g/mol. The monoisotopic (exact) mass is 310 g/mol. The summed E-state index contributed by atoms with van der Waals surface area (Å²) >= 11 is 3.43. The van der Waals surface area contributed by atoms with Crippen LogP contribution in [0.1, 0.15) is 46.0 Å². The van der Waals surface area contributed by atoms with E-state index in [0.717, 1.165) is 31.0 Å². The summed E-state index contributed by atoms with van der Waals surface area (Å²) in [5.74, 6) is 1.05. The molecule has 0 aromatic rings. The number of halogens is 1. The summed E-state index contributed by atoms with van der Waals surface area (Å²) in [5, 5.41) is 0.734. The van der Waals surface area contributed by atoms with Crippen LogP contribution < -0.4 is 0 Å². The molecule has 0 aromatic heterocycles. The molecular formula is C12H23BrO2S. The van der Waals surface area contributed by atoms with Crippen molar-refractivity contribution in [3.05, 3.63) is 0 Å². The molecule has 0 radical (unpaired) electrons. The Bertz CT molecular complexity index is 292. The molecule has 0 bridgehead atoms. The van der Waals surface area contributed by atoms with Crippen molar-refractivity contribution in [2.45, 2.75) is 51.2 Å². The summed E-state index contributed by atoms with van der Waals surface area (Å²) in [5.41, 5.74) is 0. The molecule has 0 N–H and O–H groups in total. The fourth-order valence-electron chi connectivity index (χ4n) is 2.27. The average Bonchev–Trinajstić information content (AvgIpc) is 2.27. The number of alkyl halides is 1. The Hall–Kier alpha value is 0.430. The van der Waals surface area contributed by atoms with E-state index in [1.165, 1.54) is 6.42 Å². The van der Waals surface area contributed by atoms with Crippen LogP contribution in [0.5, 0.6) is 0 Å². The molecule has 1 rings (SSSR count). The molecule has 0 aromatic carbocycles. The zero-order chi connectivity index (χ0) is 12.2. The van der Waals surface area contributed by atoms with Gasteiger partial charge in [-0.05, 0) is 24.7 Å². The molecule has 1 unspecified atom stereocenters. The molecule has 0 amide bonds. The summed E-state index contributed by atoms with van der Waals surface area (Å²) in [7, 11) is -2.87. The Labute approximate surface area is 108 Å². The first-order chi connectivity index (χ1) is 7.47. The maximum absolute atomic E-state index is 12.2. The molecule has 0 heterocycles. The van der Waals surface area contributed by atoms with Crippen molar-refractivity contribution in [2.24, 2.45) is 11.8 Å². The fraction of sp³-hybridized carbons (Fsp3) is 1.00. The van der Waals surface area contributed by atoms with Gasteiger partial charge in [0.05, 0.1) is 11.0 Å². The summed E-state index contributed by atoms with van der Waals surface area (Å²) in [4.78, 5) is 0. The molecule has 4 heteroatoms. The number of sulfone groups is 1. The van der Waals surface area contributed by atoms with Crippen molar-refractivity contribution < 1.29 is 8.42 Å². The van der Waals surface area contributed by atoms with Crippen LogP contribution in [0, 0.1) is 11.8 Å². The lowest BCUT2D eigenvalue weighted by molar-refractivity contribution is 0.445. The SMILES string of the molecule is CC(C)C(CBr)CS(=O)(=O)C1CCCCC1. The molecule has 1 saturated carbocycles. The van der Waals surface area contributed by atoms with Gasteiger partial charge in [0.25, 0.3) is 0 Å². The quantitative estimate of drug-likeness (QED) is 0.729. The van der Waals surface area contributed by atoms with Gasteiger partial charge in [0.15, 0.2) is 9.84 Å². The van der Waals surface area contributed by atoms with Crippen LogP contribution in [0.25, 0.3) is 0 Å². The van der Waals surface area contributed by atoms with Gasteiger partial charge in [0.2, 0.25) is 0 Å². The largest absolute Gasteiger partial charge is 0.229 e. The molecule has 0 spiro atoms. The van der Waals surface area contributed by atoms with Crippen LogP contribution in [0.15, 0.2) is 0 Å². The van der Waals surface area contributed by atoms with E-state index in [9.17, 15) is 8.42 Å². The van der Waals surface area contributed by atoms with Crippen molar-refractivity contribution in [2.75, 3.05) is 11.1 Å². The highest BCUT2D eigenvalue weighted by Crippen LogP contribution is 2.27. The third kappa shape index (κ3) is 4.02. The van der Waals surface area contributed by atoms with Crippen molar-refractivity contribution in [3.8, 4) is 0 Å². The number of hydrogen-bond donors (Lipinski definition) is 0. The minimum atomic E-state index is -2.87. The van der Waals surface area contributed by atoms with E-state index in [4.69, 9.17) is 0 Å². The third-order valence-electron chi connectivity index (χ3n) is 3.65. The van der Waals surface area contributed by atoms with E-state index < -0.39 is 9.84 Å². The summed E-state index contributed by atoms with van der Waals surface area (Å²) in [6.45, 7) is 4.20. The molecule has 16 heavy (non-hydrogen) atoms. The lowest BCUT2D eigenvalue weighted by Gasteiger charge is -2.25. The van der Waals surface area contributed by atoms with Crippen LogP contribution >= 0.6 is 15.9 Å². The second-order valence-electron chi connectivity index (χ2n) is 5.25. The van der Waals surface area contributed by atoms with E-state index in [-0.39, 0.29) is 11.2 Å². The van der Waals surface area contributed by atoms with Gasteiger partial charge in [-0.15, -0.1) is 0 Å². The van der Waals surface area contributed by atoms with Crippen LogP contribution in [-0.2, 0) is 9.84 Å². The summed E-state index contributed by atoms with van der Waals surface area (Å²) in [6.07, 6.45) is 5.15. The fourth-order valence-corrected chi connectivity index (χ4v) is 5.98. The highest BCUT2D eigenvalue weighted by atomic mass is 79.9. The van der Waals surface area contributed by atoms with E-state index >= 15 is 0 Å². The molecule has 1 fully saturated rings. The Balaban J connectivity index is 2.62.